The van der Waals surface area contributed by atoms with Crippen LogP contribution in [0, 0.1) is 11.3 Å². The van der Waals surface area contributed by atoms with E-state index in [1.54, 1.807) is 13.8 Å². The number of ether oxygens (including phenoxy) is 1. The van der Waals surface area contributed by atoms with E-state index in [9.17, 15) is 27.2 Å². The van der Waals surface area contributed by atoms with Gasteiger partial charge in [0.05, 0.1) is 17.6 Å². The van der Waals surface area contributed by atoms with E-state index in [1.807, 2.05) is 0 Å². The topological polar surface area (TPSA) is 76.0 Å². The van der Waals surface area contributed by atoms with Crippen molar-refractivity contribution < 1.29 is 37.0 Å². The fourth-order valence-electron chi connectivity index (χ4n) is 2.90. The number of carbonyl (C=O) groups excluding carboxylic acids is 1. The van der Waals surface area contributed by atoms with Gasteiger partial charge in [0.1, 0.15) is 6.17 Å². The Morgan fingerprint density at radius 3 is 2.44 bits per heavy atom. The molecule has 0 saturated heterocycles. The van der Waals surface area contributed by atoms with Gasteiger partial charge in [0.25, 0.3) is 0 Å². The van der Waals surface area contributed by atoms with Crippen molar-refractivity contribution in [3.8, 4) is 0 Å². The summed E-state index contributed by atoms with van der Waals surface area (Å²) in [7, 11) is 0. The van der Waals surface area contributed by atoms with Gasteiger partial charge in [-0.3, -0.25) is 9.79 Å². The molecule has 0 aliphatic heterocycles. The fourth-order valence-corrected chi connectivity index (χ4v) is 2.90. The third-order valence-electron chi connectivity index (χ3n) is 4.70. The highest BCUT2D eigenvalue weighted by Gasteiger charge is 2.44. The summed E-state index contributed by atoms with van der Waals surface area (Å²) in [6, 6.07) is 0. The maximum atomic E-state index is 14.6. The zero-order valence-electron chi connectivity index (χ0n) is 15.4. The van der Waals surface area contributed by atoms with Crippen LogP contribution >= 0.6 is 0 Å². The number of carboxylic acids is 1. The Balaban J connectivity index is 2.94. The highest BCUT2D eigenvalue weighted by atomic mass is 19.4. The normalized spacial score (nSPS) is 27.2. The Morgan fingerprint density at radius 1 is 1.41 bits per heavy atom. The predicted molar refractivity (Wildman–Crippen MR) is 91.0 cm³/mol. The van der Waals surface area contributed by atoms with E-state index in [-0.39, 0.29) is 25.1 Å². The molecule has 9 heteroatoms. The molecule has 1 saturated carbocycles. The summed E-state index contributed by atoms with van der Waals surface area (Å²) in [6.45, 7) is 7.60. The molecule has 0 spiro atoms. The second-order valence-electron chi connectivity index (χ2n) is 6.74. The Morgan fingerprint density at radius 2 is 2.00 bits per heavy atom. The first-order chi connectivity index (χ1) is 12.3. The molecule has 0 radical (unpaired) electrons. The second-order valence-corrected chi connectivity index (χ2v) is 6.74. The number of carboxylic acid groups (broad SMARTS) is 1. The minimum Gasteiger partial charge on any atom is -0.478 e. The highest BCUT2D eigenvalue weighted by molar-refractivity contribution is 6.09. The van der Waals surface area contributed by atoms with E-state index < -0.39 is 46.8 Å². The molecule has 27 heavy (non-hydrogen) atoms. The van der Waals surface area contributed by atoms with Gasteiger partial charge in [0, 0.05) is 23.4 Å². The number of hydrogen-bond donors (Lipinski definition) is 1. The molecule has 1 N–H and O–H groups in total. The Kier molecular flexibility index (Phi) is 7.33. The number of aliphatic carboxylic acids is 1. The van der Waals surface area contributed by atoms with Gasteiger partial charge in [-0.25, -0.2) is 9.18 Å². The molecule has 0 aromatic heterocycles. The standard InChI is InChI=1S/C18H23F4NO4/c1-5-27-16(26)17(4)7-6-12(14(19)8-17)11(3)23-9-13(15(24)25)10(2)18(20,21)22/h9,12,14H,3,5-8H2,1-2,4H3,(H,24,25)/b13-10-,23-9?/t12?,14-,17+/m1/s1. The number of alkyl halides is 4. The molecule has 0 aromatic carbocycles. The van der Waals surface area contributed by atoms with E-state index in [0.29, 0.717) is 19.6 Å². The van der Waals surface area contributed by atoms with Crippen LogP contribution in [-0.2, 0) is 14.3 Å². The summed E-state index contributed by atoms with van der Waals surface area (Å²) >= 11 is 0. The summed E-state index contributed by atoms with van der Waals surface area (Å²) in [5.41, 5.74) is -3.41. The van der Waals surface area contributed by atoms with Crippen LogP contribution in [0.5, 0.6) is 0 Å². The average Bonchev–Trinajstić information content (AvgIpc) is 2.53. The number of hydrogen-bond acceptors (Lipinski definition) is 4. The molecule has 3 atom stereocenters. The summed E-state index contributed by atoms with van der Waals surface area (Å²) in [5.74, 6) is -3.11. The van der Waals surface area contributed by atoms with E-state index in [4.69, 9.17) is 9.84 Å². The van der Waals surface area contributed by atoms with Crippen molar-refractivity contribution in [3.63, 3.8) is 0 Å². The van der Waals surface area contributed by atoms with Gasteiger partial charge in [-0.05, 0) is 40.0 Å². The molecule has 1 unspecified atom stereocenters. The third-order valence-corrected chi connectivity index (χ3v) is 4.70. The third kappa shape index (κ3) is 5.64. The van der Waals surface area contributed by atoms with Gasteiger partial charge >= 0.3 is 18.1 Å². The van der Waals surface area contributed by atoms with Gasteiger partial charge in [-0.1, -0.05) is 6.58 Å². The van der Waals surface area contributed by atoms with Crippen LogP contribution in [-0.4, -0.2) is 42.2 Å². The first kappa shape index (κ1) is 22.9. The zero-order valence-corrected chi connectivity index (χ0v) is 15.4. The maximum Gasteiger partial charge on any atom is 0.413 e. The molecular weight excluding hydrogens is 370 g/mol. The van der Waals surface area contributed by atoms with Gasteiger partial charge in [-0.15, -0.1) is 0 Å². The minimum absolute atomic E-state index is 0.0675. The number of nitrogens with zero attached hydrogens (tertiary/aromatic N) is 1. The van der Waals surface area contributed by atoms with Crippen LogP contribution in [0.25, 0.3) is 0 Å². The van der Waals surface area contributed by atoms with E-state index in [2.05, 4.69) is 11.6 Å². The van der Waals surface area contributed by atoms with Crippen molar-refractivity contribution in [2.24, 2.45) is 16.3 Å². The van der Waals surface area contributed by atoms with Gasteiger partial charge in [-0.2, -0.15) is 13.2 Å². The summed E-state index contributed by atoms with van der Waals surface area (Å²) < 4.78 is 57.7. The molecular formula is C18H23F4NO4. The molecule has 152 valence electrons. The van der Waals surface area contributed by atoms with Gasteiger partial charge in [0.2, 0.25) is 0 Å². The second kappa shape index (κ2) is 8.67. The lowest BCUT2D eigenvalue weighted by molar-refractivity contribution is -0.158. The smallest absolute Gasteiger partial charge is 0.413 e. The molecule has 1 fully saturated rings. The molecule has 1 aliphatic carbocycles. The number of halogens is 4. The van der Waals surface area contributed by atoms with Crippen molar-refractivity contribution in [1.29, 1.82) is 0 Å². The summed E-state index contributed by atoms with van der Waals surface area (Å²) in [4.78, 5) is 26.7. The van der Waals surface area contributed by atoms with Gasteiger partial charge < -0.3 is 9.84 Å². The number of aliphatic imine (C=N–C) groups is 1. The number of rotatable bonds is 6. The largest absolute Gasteiger partial charge is 0.478 e. The molecule has 0 amide bonds. The molecule has 5 nitrogen and oxygen atoms in total. The lowest BCUT2D eigenvalue weighted by atomic mass is 9.70. The van der Waals surface area contributed by atoms with E-state index >= 15 is 0 Å². The zero-order chi connectivity index (χ0) is 21.0. The number of allylic oxidation sites excluding steroid dienone is 2. The molecule has 0 bridgehead atoms. The first-order valence-corrected chi connectivity index (χ1v) is 8.39. The van der Waals surface area contributed by atoms with Crippen molar-refractivity contribution in [2.45, 2.75) is 52.4 Å². The highest BCUT2D eigenvalue weighted by Crippen LogP contribution is 2.43. The van der Waals surface area contributed by atoms with Crippen molar-refractivity contribution >= 4 is 18.2 Å². The predicted octanol–water partition coefficient (Wildman–Crippen LogP) is 4.24. The van der Waals surface area contributed by atoms with E-state index in [0.717, 1.165) is 0 Å². The Bertz CT molecular complexity index is 669. The van der Waals surface area contributed by atoms with Crippen LogP contribution in [0.1, 0.15) is 40.0 Å². The lowest BCUT2D eigenvalue weighted by Gasteiger charge is -2.37. The van der Waals surface area contributed by atoms with Crippen molar-refractivity contribution in [2.75, 3.05) is 6.61 Å². The van der Waals surface area contributed by atoms with Crippen LogP contribution < -0.4 is 0 Å². The lowest BCUT2D eigenvalue weighted by Crippen LogP contribution is -2.40. The monoisotopic (exact) mass is 393 g/mol. The summed E-state index contributed by atoms with van der Waals surface area (Å²) in [6.07, 6.45) is -5.42. The Labute approximate surface area is 154 Å². The molecule has 1 rings (SSSR count). The van der Waals surface area contributed by atoms with E-state index in [1.165, 1.54) is 0 Å². The van der Waals surface area contributed by atoms with Crippen LogP contribution in [0.15, 0.2) is 28.4 Å². The average molecular weight is 393 g/mol. The molecule has 1 aliphatic rings. The quantitative estimate of drug-likeness (QED) is 0.317. The maximum absolute atomic E-state index is 14.6. The molecule has 0 heterocycles. The fraction of sp³-hybridized carbons (Fsp3) is 0.611. The summed E-state index contributed by atoms with van der Waals surface area (Å²) in [5, 5.41) is 8.96. The minimum atomic E-state index is -4.82. The SMILES string of the molecule is C=C(N=C/C(C(=O)O)=C(\C)C(F)(F)F)C1CC[C@](C)(C(=O)OCC)C[C@H]1F. The van der Waals surface area contributed by atoms with Crippen LogP contribution in [0.4, 0.5) is 17.6 Å². The van der Waals surface area contributed by atoms with Gasteiger partial charge in [0.15, 0.2) is 0 Å². The number of carbonyl (C=O) groups is 2. The van der Waals surface area contributed by atoms with Crippen LogP contribution in [0.3, 0.4) is 0 Å². The van der Waals surface area contributed by atoms with Crippen molar-refractivity contribution in [1.82, 2.24) is 0 Å². The van der Waals surface area contributed by atoms with Crippen LogP contribution in [0.2, 0.25) is 0 Å². The number of esters is 1. The molecule has 0 aromatic rings. The first-order valence-electron chi connectivity index (χ1n) is 8.39. The van der Waals surface area contributed by atoms with Crippen molar-refractivity contribution in [3.05, 3.63) is 23.4 Å². The Hall–Kier alpha value is -2.19.